The number of benzene rings is 2. The van der Waals surface area contributed by atoms with E-state index in [1.807, 2.05) is 0 Å². The fraction of sp³-hybridized carbons (Fsp3) is 0.300. The van der Waals surface area contributed by atoms with Crippen LogP contribution in [0.5, 0.6) is 0 Å². The van der Waals surface area contributed by atoms with Crippen LogP contribution in [0.1, 0.15) is 37.5 Å². The van der Waals surface area contributed by atoms with Gasteiger partial charge in [0.2, 0.25) is 0 Å². The van der Waals surface area contributed by atoms with Gasteiger partial charge in [-0.2, -0.15) is 0 Å². The van der Waals surface area contributed by atoms with Crippen molar-refractivity contribution in [3.8, 4) is 0 Å². The summed E-state index contributed by atoms with van der Waals surface area (Å²) in [5.74, 6) is 0. The second-order valence-corrected chi connectivity index (χ2v) is 6.84. The quantitative estimate of drug-likeness (QED) is 0.568. The maximum Gasteiger partial charge on any atom is 0.0446 e. The molecule has 1 aliphatic heterocycles. The summed E-state index contributed by atoms with van der Waals surface area (Å²) in [5.41, 5.74) is 6.89. The Morgan fingerprint density at radius 1 is 0.909 bits per heavy atom. The third kappa shape index (κ3) is 3.22. The molecule has 1 heterocycles. The molecule has 22 heavy (non-hydrogen) atoms. The van der Waals surface area contributed by atoms with Gasteiger partial charge in [0.15, 0.2) is 0 Å². The van der Waals surface area contributed by atoms with Crippen LogP contribution in [-0.2, 0) is 5.41 Å². The summed E-state index contributed by atoms with van der Waals surface area (Å²) >= 11 is 0. The number of hydrogen-bond donors (Lipinski definition) is 0. The largest absolute Gasteiger partial charge is 0.370 e. The van der Waals surface area contributed by atoms with Crippen LogP contribution >= 0.6 is 24.0 Å². The molecule has 0 spiro atoms. The molecule has 2 aromatic rings. The van der Waals surface area contributed by atoms with Crippen molar-refractivity contribution in [1.82, 2.24) is 0 Å². The molecule has 0 aliphatic carbocycles. The molecular formula is C20H24IN. The van der Waals surface area contributed by atoms with Crippen molar-refractivity contribution in [3.63, 3.8) is 0 Å². The van der Waals surface area contributed by atoms with Gasteiger partial charge in [-0.05, 0) is 28.2 Å². The third-order valence-corrected chi connectivity index (χ3v) is 4.24. The molecule has 0 saturated heterocycles. The molecule has 0 saturated carbocycles. The van der Waals surface area contributed by atoms with Gasteiger partial charge in [-0.1, -0.05) is 69.3 Å². The standard InChI is InChI=1S/C20H23N.HI/c1-20(2,3)16-11-9-15(10-12-16)17-13-14-21(4)19-8-6-5-7-18(17)19;/h5-13H,14H2,1-4H3;1H. The highest BCUT2D eigenvalue weighted by atomic mass is 127. The molecule has 0 fully saturated rings. The summed E-state index contributed by atoms with van der Waals surface area (Å²) in [5, 5.41) is 0. The molecule has 2 aromatic carbocycles. The minimum absolute atomic E-state index is 0. The molecule has 0 amide bonds. The number of fused-ring (bicyclic) bond motifs is 1. The lowest BCUT2D eigenvalue weighted by atomic mass is 9.85. The lowest BCUT2D eigenvalue weighted by Crippen LogP contribution is -2.22. The van der Waals surface area contributed by atoms with E-state index in [4.69, 9.17) is 0 Å². The number of anilines is 1. The smallest absolute Gasteiger partial charge is 0.0446 e. The molecule has 0 bridgehead atoms. The molecule has 0 radical (unpaired) electrons. The Morgan fingerprint density at radius 3 is 2.18 bits per heavy atom. The highest BCUT2D eigenvalue weighted by molar-refractivity contribution is 14.0. The van der Waals surface area contributed by atoms with Gasteiger partial charge in [0.05, 0.1) is 0 Å². The molecule has 1 aliphatic rings. The maximum absolute atomic E-state index is 2.33. The van der Waals surface area contributed by atoms with E-state index < -0.39 is 0 Å². The van der Waals surface area contributed by atoms with E-state index >= 15 is 0 Å². The normalized spacial score (nSPS) is 14.0. The van der Waals surface area contributed by atoms with Crippen molar-refractivity contribution >= 4 is 35.2 Å². The Bertz CT molecular complexity index is 678. The summed E-state index contributed by atoms with van der Waals surface area (Å²) in [4.78, 5) is 2.29. The van der Waals surface area contributed by atoms with E-state index in [2.05, 4.69) is 87.3 Å². The van der Waals surface area contributed by atoms with Crippen molar-refractivity contribution < 1.29 is 0 Å². The average Bonchev–Trinajstić information content (AvgIpc) is 2.47. The molecule has 2 heteroatoms. The topological polar surface area (TPSA) is 3.24 Å². The summed E-state index contributed by atoms with van der Waals surface area (Å²) in [6, 6.07) is 17.7. The predicted octanol–water partition coefficient (Wildman–Crippen LogP) is 5.48. The van der Waals surface area contributed by atoms with Crippen LogP contribution in [0.15, 0.2) is 54.6 Å². The molecule has 0 unspecified atom stereocenters. The molecule has 1 nitrogen and oxygen atoms in total. The van der Waals surface area contributed by atoms with Gasteiger partial charge in [-0.15, -0.1) is 24.0 Å². The Kier molecular flexibility index (Phi) is 5.00. The van der Waals surface area contributed by atoms with Crippen molar-refractivity contribution in [3.05, 3.63) is 71.3 Å². The first-order chi connectivity index (χ1) is 9.97. The Balaban J connectivity index is 0.00000176. The Hall–Kier alpha value is -1.29. The van der Waals surface area contributed by atoms with E-state index in [0.717, 1.165) is 6.54 Å². The first-order valence-corrected chi connectivity index (χ1v) is 7.58. The first kappa shape index (κ1) is 17.1. The number of hydrogen-bond acceptors (Lipinski definition) is 1. The molecular weight excluding hydrogens is 381 g/mol. The fourth-order valence-corrected chi connectivity index (χ4v) is 2.89. The zero-order chi connectivity index (χ0) is 15.0. The molecule has 3 rings (SSSR count). The highest BCUT2D eigenvalue weighted by Crippen LogP contribution is 2.35. The van der Waals surface area contributed by atoms with Crippen LogP contribution in [0.3, 0.4) is 0 Å². The third-order valence-electron chi connectivity index (χ3n) is 4.24. The number of para-hydroxylation sites is 1. The monoisotopic (exact) mass is 405 g/mol. The van der Waals surface area contributed by atoms with E-state index in [9.17, 15) is 0 Å². The van der Waals surface area contributed by atoms with Crippen molar-refractivity contribution in [2.75, 3.05) is 18.5 Å². The van der Waals surface area contributed by atoms with Gasteiger partial charge in [0.1, 0.15) is 0 Å². The molecule has 0 N–H and O–H groups in total. The van der Waals surface area contributed by atoms with Crippen molar-refractivity contribution in [2.24, 2.45) is 0 Å². The van der Waals surface area contributed by atoms with E-state index in [1.165, 1.54) is 28.0 Å². The lowest BCUT2D eigenvalue weighted by Gasteiger charge is -2.28. The molecule has 0 aromatic heterocycles. The van der Waals surface area contributed by atoms with E-state index in [-0.39, 0.29) is 29.4 Å². The first-order valence-electron chi connectivity index (χ1n) is 7.58. The number of nitrogens with zero attached hydrogens (tertiary/aromatic N) is 1. The van der Waals surface area contributed by atoms with Crippen molar-refractivity contribution in [2.45, 2.75) is 26.2 Å². The predicted molar refractivity (Wildman–Crippen MR) is 107 cm³/mol. The van der Waals surface area contributed by atoms with Crippen LogP contribution in [0.4, 0.5) is 5.69 Å². The Morgan fingerprint density at radius 2 is 1.55 bits per heavy atom. The van der Waals surface area contributed by atoms with Gasteiger partial charge < -0.3 is 4.90 Å². The minimum atomic E-state index is 0. The zero-order valence-corrected chi connectivity index (χ0v) is 16.1. The number of likely N-dealkylation sites (N-methyl/N-ethyl adjacent to an activating group) is 1. The maximum atomic E-state index is 2.33. The van der Waals surface area contributed by atoms with Crippen LogP contribution in [0.2, 0.25) is 0 Å². The van der Waals surface area contributed by atoms with E-state index in [1.54, 1.807) is 0 Å². The summed E-state index contributed by atoms with van der Waals surface area (Å²) in [7, 11) is 2.15. The number of rotatable bonds is 1. The lowest BCUT2D eigenvalue weighted by molar-refractivity contribution is 0.590. The van der Waals surface area contributed by atoms with Gasteiger partial charge in [0.25, 0.3) is 0 Å². The highest BCUT2D eigenvalue weighted by Gasteiger charge is 2.18. The van der Waals surface area contributed by atoms with Gasteiger partial charge in [-0.25, -0.2) is 0 Å². The van der Waals surface area contributed by atoms with Crippen molar-refractivity contribution in [1.29, 1.82) is 0 Å². The number of halogens is 1. The van der Waals surface area contributed by atoms with Gasteiger partial charge >= 0.3 is 0 Å². The van der Waals surface area contributed by atoms with Gasteiger partial charge in [-0.3, -0.25) is 0 Å². The minimum Gasteiger partial charge on any atom is -0.370 e. The fourth-order valence-electron chi connectivity index (χ4n) is 2.89. The SMILES string of the molecule is CN1CC=C(c2ccc(C(C)(C)C)cc2)c2ccccc21.I. The summed E-state index contributed by atoms with van der Waals surface area (Å²) < 4.78 is 0. The molecule has 0 atom stereocenters. The average molecular weight is 405 g/mol. The van der Waals surface area contributed by atoms with Crippen LogP contribution in [-0.4, -0.2) is 13.6 Å². The summed E-state index contributed by atoms with van der Waals surface area (Å²) in [6.07, 6.45) is 2.33. The second kappa shape index (κ2) is 6.45. The van der Waals surface area contributed by atoms with Crippen LogP contribution in [0.25, 0.3) is 5.57 Å². The molecule has 116 valence electrons. The van der Waals surface area contributed by atoms with Crippen LogP contribution < -0.4 is 4.90 Å². The summed E-state index contributed by atoms with van der Waals surface area (Å²) in [6.45, 7) is 7.73. The zero-order valence-electron chi connectivity index (χ0n) is 13.8. The second-order valence-electron chi connectivity index (χ2n) is 6.84. The van der Waals surface area contributed by atoms with Crippen LogP contribution in [0, 0.1) is 0 Å². The Labute approximate surface area is 151 Å². The van der Waals surface area contributed by atoms with Gasteiger partial charge in [0, 0.05) is 24.8 Å². The van der Waals surface area contributed by atoms with E-state index in [0.29, 0.717) is 0 Å².